The molecule has 0 aliphatic carbocycles. The summed E-state index contributed by atoms with van der Waals surface area (Å²) in [6, 6.07) is 8.95. The predicted octanol–water partition coefficient (Wildman–Crippen LogP) is 3.58. The van der Waals surface area contributed by atoms with Gasteiger partial charge in [-0.25, -0.2) is 18.4 Å². The molecule has 0 bridgehead atoms. The maximum atomic E-state index is 13.6. The van der Waals surface area contributed by atoms with Gasteiger partial charge in [-0.2, -0.15) is 4.98 Å². The molecule has 0 atom stereocenters. The maximum Gasteiger partial charge on any atom is 0.223 e. The monoisotopic (exact) mass is 477 g/mol. The Kier molecular flexibility index (Phi) is 4.80. The summed E-state index contributed by atoms with van der Waals surface area (Å²) in [5, 5.41) is 12.7. The summed E-state index contributed by atoms with van der Waals surface area (Å²) in [7, 11) is 1.58. The van der Waals surface area contributed by atoms with E-state index in [9.17, 15) is 8.78 Å². The van der Waals surface area contributed by atoms with E-state index in [2.05, 4.69) is 25.4 Å². The van der Waals surface area contributed by atoms with Gasteiger partial charge >= 0.3 is 0 Å². The number of methoxy groups -OCH3 is 1. The molecular formula is C23H17F2N7O3. The first-order chi connectivity index (χ1) is 17.0. The SMILES string of the molecule is COc1ccc2c(c1)-n1nnc(COc3ccc(F)c(F)c3)c1Cc1c(-c3noc(C)n3)ncn1-2. The number of ether oxygens (including phenoxy) is 2. The van der Waals surface area contributed by atoms with Crippen LogP contribution in [0.25, 0.3) is 22.9 Å². The van der Waals surface area contributed by atoms with Crippen molar-refractivity contribution in [2.75, 3.05) is 7.11 Å². The number of hydrogen-bond donors (Lipinski definition) is 0. The van der Waals surface area contributed by atoms with Crippen LogP contribution in [-0.2, 0) is 13.0 Å². The van der Waals surface area contributed by atoms with Crippen molar-refractivity contribution in [3.63, 3.8) is 0 Å². The molecule has 0 saturated heterocycles. The Morgan fingerprint density at radius 2 is 1.89 bits per heavy atom. The van der Waals surface area contributed by atoms with Crippen molar-refractivity contribution in [1.82, 2.24) is 34.7 Å². The van der Waals surface area contributed by atoms with Gasteiger partial charge in [0.15, 0.2) is 11.6 Å². The molecule has 0 spiro atoms. The third kappa shape index (κ3) is 3.50. The van der Waals surface area contributed by atoms with Crippen molar-refractivity contribution in [2.45, 2.75) is 20.0 Å². The molecule has 0 fully saturated rings. The third-order valence-corrected chi connectivity index (χ3v) is 5.72. The van der Waals surface area contributed by atoms with Gasteiger partial charge in [-0.05, 0) is 24.3 Å². The Bertz CT molecular complexity index is 1570. The summed E-state index contributed by atoms with van der Waals surface area (Å²) in [5.41, 5.74) is 4.13. The number of imidazole rings is 1. The Hall–Kier alpha value is -4.61. The van der Waals surface area contributed by atoms with Crippen LogP contribution >= 0.6 is 0 Å². The summed E-state index contributed by atoms with van der Waals surface area (Å²) in [4.78, 5) is 8.88. The summed E-state index contributed by atoms with van der Waals surface area (Å²) in [6.07, 6.45) is 2.06. The lowest BCUT2D eigenvalue weighted by Gasteiger charge is -2.11. The van der Waals surface area contributed by atoms with Crippen LogP contribution in [0.1, 0.15) is 23.0 Å². The molecule has 4 heterocycles. The fourth-order valence-electron chi connectivity index (χ4n) is 4.03. The summed E-state index contributed by atoms with van der Waals surface area (Å²) >= 11 is 0. The molecule has 0 N–H and O–H groups in total. The van der Waals surface area contributed by atoms with Gasteiger partial charge in [0.1, 0.15) is 35.8 Å². The van der Waals surface area contributed by atoms with Crippen molar-refractivity contribution in [1.29, 1.82) is 0 Å². The first-order valence-corrected chi connectivity index (χ1v) is 10.6. The highest BCUT2D eigenvalue weighted by atomic mass is 19.2. The minimum Gasteiger partial charge on any atom is -0.497 e. The van der Waals surface area contributed by atoms with Crippen LogP contribution in [0.4, 0.5) is 8.78 Å². The van der Waals surface area contributed by atoms with Gasteiger partial charge in [-0.3, -0.25) is 4.57 Å². The zero-order valence-corrected chi connectivity index (χ0v) is 18.6. The topological polar surface area (TPSA) is 106 Å². The molecular weight excluding hydrogens is 460 g/mol. The number of rotatable bonds is 5. The number of benzene rings is 2. The van der Waals surface area contributed by atoms with Crippen molar-refractivity contribution < 1.29 is 22.8 Å². The van der Waals surface area contributed by atoms with Crippen molar-refractivity contribution in [2.24, 2.45) is 0 Å². The van der Waals surface area contributed by atoms with E-state index in [1.807, 2.05) is 22.8 Å². The molecule has 0 unspecified atom stereocenters. The second-order valence-electron chi connectivity index (χ2n) is 7.84. The van der Waals surface area contributed by atoms with Crippen LogP contribution in [0.5, 0.6) is 11.5 Å². The minimum atomic E-state index is -0.991. The molecule has 2 aromatic carbocycles. The van der Waals surface area contributed by atoms with Gasteiger partial charge in [-0.15, -0.1) is 5.10 Å². The molecule has 35 heavy (non-hydrogen) atoms. The van der Waals surface area contributed by atoms with E-state index in [1.54, 1.807) is 25.0 Å². The molecule has 0 radical (unpaired) electrons. The second kappa shape index (κ2) is 8.01. The van der Waals surface area contributed by atoms with Gasteiger partial charge in [0, 0.05) is 25.5 Å². The van der Waals surface area contributed by atoms with Crippen LogP contribution in [0.3, 0.4) is 0 Å². The number of halogens is 2. The van der Waals surface area contributed by atoms with E-state index in [0.717, 1.165) is 34.9 Å². The fourth-order valence-corrected chi connectivity index (χ4v) is 4.03. The maximum absolute atomic E-state index is 13.6. The summed E-state index contributed by atoms with van der Waals surface area (Å²) in [6.45, 7) is 1.70. The van der Waals surface area contributed by atoms with Crippen molar-refractivity contribution in [3.8, 4) is 34.4 Å². The van der Waals surface area contributed by atoms with E-state index >= 15 is 0 Å². The lowest BCUT2D eigenvalue weighted by atomic mass is 10.1. The molecule has 10 nitrogen and oxygen atoms in total. The predicted molar refractivity (Wildman–Crippen MR) is 117 cm³/mol. The molecule has 1 aliphatic rings. The quantitative estimate of drug-likeness (QED) is 0.371. The summed E-state index contributed by atoms with van der Waals surface area (Å²) in [5.74, 6) is -0.330. The van der Waals surface area contributed by atoms with Crippen molar-refractivity contribution in [3.05, 3.63) is 77.3 Å². The van der Waals surface area contributed by atoms with Gasteiger partial charge in [-0.1, -0.05) is 10.4 Å². The average Bonchev–Trinajstić information content (AvgIpc) is 3.56. The van der Waals surface area contributed by atoms with Crippen LogP contribution in [-0.4, -0.2) is 41.8 Å². The first-order valence-electron chi connectivity index (χ1n) is 10.6. The Labute approximate surface area is 196 Å². The second-order valence-corrected chi connectivity index (χ2v) is 7.84. The van der Waals surface area contributed by atoms with Gasteiger partial charge in [0.2, 0.25) is 11.7 Å². The average molecular weight is 477 g/mol. The number of aryl methyl sites for hydroxylation is 1. The lowest BCUT2D eigenvalue weighted by Crippen LogP contribution is -2.06. The van der Waals surface area contributed by atoms with Gasteiger partial charge < -0.3 is 14.0 Å². The fraction of sp³-hybridized carbons (Fsp3) is 0.174. The normalized spacial score (nSPS) is 12.0. The van der Waals surface area contributed by atoms with E-state index in [4.69, 9.17) is 14.0 Å². The van der Waals surface area contributed by atoms with Gasteiger partial charge in [0.05, 0.1) is 29.9 Å². The number of fused-ring (bicyclic) bond motifs is 5. The zero-order valence-electron chi connectivity index (χ0n) is 18.6. The number of nitrogens with zero attached hydrogens (tertiary/aromatic N) is 7. The molecule has 0 amide bonds. The highest BCUT2D eigenvalue weighted by Crippen LogP contribution is 2.34. The highest BCUT2D eigenvalue weighted by molar-refractivity contribution is 5.63. The molecule has 12 heteroatoms. The Morgan fingerprint density at radius 3 is 2.66 bits per heavy atom. The molecule has 6 rings (SSSR count). The Balaban J connectivity index is 1.46. The minimum absolute atomic E-state index is 0.00943. The van der Waals surface area contributed by atoms with Crippen molar-refractivity contribution >= 4 is 0 Å². The molecule has 3 aromatic heterocycles. The van der Waals surface area contributed by atoms with Crippen LogP contribution in [0.15, 0.2) is 47.2 Å². The van der Waals surface area contributed by atoms with E-state index in [-0.39, 0.29) is 12.4 Å². The van der Waals surface area contributed by atoms with Crippen LogP contribution in [0.2, 0.25) is 0 Å². The van der Waals surface area contributed by atoms with E-state index in [1.165, 1.54) is 6.07 Å². The standard InChI is InChI=1S/C23H17F2N7O3/c1-12-27-23(29-35-12)22-21-9-19-17(10-34-14-3-5-15(24)16(25)7-14)28-30-32(19)20-8-13(33-2)4-6-18(20)31(21)11-26-22/h3-8,11H,9-10H2,1-2H3. The largest absolute Gasteiger partial charge is 0.497 e. The van der Waals surface area contributed by atoms with Gasteiger partial charge in [0.25, 0.3) is 0 Å². The lowest BCUT2D eigenvalue weighted by molar-refractivity contribution is 0.297. The van der Waals surface area contributed by atoms with Crippen LogP contribution in [0, 0.1) is 18.6 Å². The first kappa shape index (κ1) is 21.0. The molecule has 0 saturated carbocycles. The van der Waals surface area contributed by atoms with E-state index < -0.39 is 11.6 Å². The number of hydrogen-bond acceptors (Lipinski definition) is 8. The van der Waals surface area contributed by atoms with E-state index in [0.29, 0.717) is 35.3 Å². The summed E-state index contributed by atoms with van der Waals surface area (Å²) < 4.78 is 46.8. The zero-order chi connectivity index (χ0) is 24.1. The smallest absolute Gasteiger partial charge is 0.223 e. The molecule has 176 valence electrons. The highest BCUT2D eigenvalue weighted by Gasteiger charge is 2.28. The Morgan fingerprint density at radius 1 is 1.03 bits per heavy atom. The van der Waals surface area contributed by atoms with Crippen LogP contribution < -0.4 is 9.47 Å². The molecule has 5 aromatic rings. The number of aromatic nitrogens is 7. The molecule has 1 aliphatic heterocycles. The third-order valence-electron chi connectivity index (χ3n) is 5.72.